The Kier molecular flexibility index (Phi) is 7.02. The molecule has 5 rings (SSSR count). The number of fused-ring (bicyclic) bond motifs is 2. The molecule has 3 aromatic carbocycles. The summed E-state index contributed by atoms with van der Waals surface area (Å²) in [7, 11) is 3.35. The maximum absolute atomic E-state index is 14.0. The monoisotopic (exact) mass is 474 g/mol. The zero-order valence-corrected chi connectivity index (χ0v) is 20.2. The van der Waals surface area contributed by atoms with Crippen molar-refractivity contribution in [2.75, 3.05) is 46.9 Å². The van der Waals surface area contributed by atoms with E-state index in [1.807, 2.05) is 30.3 Å². The molecule has 0 saturated carbocycles. The van der Waals surface area contributed by atoms with Gasteiger partial charge in [-0.3, -0.25) is 9.80 Å². The van der Waals surface area contributed by atoms with Crippen LogP contribution in [-0.2, 0) is 6.61 Å². The number of piperazine rings is 1. The highest BCUT2D eigenvalue weighted by molar-refractivity contribution is 5.59. The lowest BCUT2D eigenvalue weighted by atomic mass is 9.93. The van der Waals surface area contributed by atoms with Gasteiger partial charge in [0.2, 0.25) is 0 Å². The Morgan fingerprint density at radius 1 is 0.943 bits per heavy atom. The van der Waals surface area contributed by atoms with E-state index in [4.69, 9.17) is 14.2 Å². The third kappa shape index (κ3) is 5.04. The topological polar surface area (TPSA) is 34.2 Å². The number of nitrogens with zero attached hydrogens (tertiary/aromatic N) is 2. The van der Waals surface area contributed by atoms with Crippen LogP contribution in [0.1, 0.15) is 28.3 Å². The van der Waals surface area contributed by atoms with Gasteiger partial charge in [0.25, 0.3) is 0 Å². The number of benzene rings is 3. The quantitative estimate of drug-likeness (QED) is 0.493. The largest absolute Gasteiger partial charge is 0.497 e. The summed E-state index contributed by atoms with van der Waals surface area (Å²) in [4.78, 5) is 4.94. The van der Waals surface area contributed by atoms with Gasteiger partial charge in [0.05, 0.1) is 20.3 Å². The molecule has 0 aliphatic carbocycles. The van der Waals surface area contributed by atoms with Gasteiger partial charge in [0.15, 0.2) is 0 Å². The van der Waals surface area contributed by atoms with Crippen molar-refractivity contribution >= 4 is 6.08 Å². The third-order valence-corrected chi connectivity index (χ3v) is 6.87. The Labute approximate surface area is 206 Å². The van der Waals surface area contributed by atoms with E-state index >= 15 is 0 Å². The third-order valence-electron chi connectivity index (χ3n) is 6.87. The number of hydrogen-bond acceptors (Lipinski definition) is 5. The lowest BCUT2D eigenvalue weighted by Gasteiger charge is -2.39. The van der Waals surface area contributed by atoms with Gasteiger partial charge < -0.3 is 14.2 Å². The lowest BCUT2D eigenvalue weighted by Crippen LogP contribution is -2.47. The van der Waals surface area contributed by atoms with Crippen LogP contribution >= 0.6 is 0 Å². The van der Waals surface area contributed by atoms with Crippen molar-refractivity contribution in [3.63, 3.8) is 0 Å². The molecule has 5 nitrogen and oxygen atoms in total. The standard InChI is InChI=1S/C29H31FN2O3/c1-33-24-10-12-27(34-2)21(18-24)7-5-13-31-14-16-32(17-15-31)29-25-8-4-3-6-22(25)20-35-28-19-23(30)9-11-26(28)29/h3-12,18-19,29H,13-17,20H2,1-2H3/b7-5+. The van der Waals surface area contributed by atoms with Crippen LogP contribution in [0.4, 0.5) is 4.39 Å². The van der Waals surface area contributed by atoms with Crippen molar-refractivity contribution in [2.45, 2.75) is 12.6 Å². The number of ether oxygens (including phenoxy) is 3. The van der Waals surface area contributed by atoms with Crippen LogP contribution in [0.5, 0.6) is 17.2 Å². The summed E-state index contributed by atoms with van der Waals surface area (Å²) < 4.78 is 30.8. The van der Waals surface area contributed by atoms with Crippen LogP contribution in [0.2, 0.25) is 0 Å². The van der Waals surface area contributed by atoms with Crippen LogP contribution in [0.15, 0.2) is 66.7 Å². The van der Waals surface area contributed by atoms with Gasteiger partial charge in [-0.1, -0.05) is 42.5 Å². The summed E-state index contributed by atoms with van der Waals surface area (Å²) in [6, 6.07) is 19.2. The predicted octanol–water partition coefficient (Wildman–Crippen LogP) is 5.16. The fourth-order valence-corrected chi connectivity index (χ4v) is 5.01. The number of halogens is 1. The average Bonchev–Trinajstić information content (AvgIpc) is 3.05. The maximum atomic E-state index is 14.0. The minimum Gasteiger partial charge on any atom is -0.497 e. The van der Waals surface area contributed by atoms with Crippen molar-refractivity contribution in [1.29, 1.82) is 0 Å². The molecule has 0 bridgehead atoms. The second-order valence-corrected chi connectivity index (χ2v) is 8.92. The van der Waals surface area contributed by atoms with Gasteiger partial charge in [-0.2, -0.15) is 0 Å². The molecule has 0 radical (unpaired) electrons. The summed E-state index contributed by atoms with van der Waals surface area (Å²) in [5, 5.41) is 0. The van der Waals surface area contributed by atoms with Crippen LogP contribution in [0.25, 0.3) is 6.08 Å². The van der Waals surface area contributed by atoms with E-state index in [9.17, 15) is 4.39 Å². The van der Waals surface area contributed by atoms with Crippen molar-refractivity contribution in [3.05, 3.63) is 94.8 Å². The number of rotatable bonds is 6. The zero-order valence-electron chi connectivity index (χ0n) is 20.2. The predicted molar refractivity (Wildman–Crippen MR) is 136 cm³/mol. The molecular formula is C29H31FN2O3. The Morgan fingerprint density at radius 2 is 1.77 bits per heavy atom. The van der Waals surface area contributed by atoms with E-state index in [0.29, 0.717) is 12.4 Å². The molecule has 2 aliphatic heterocycles. The average molecular weight is 475 g/mol. The molecule has 182 valence electrons. The molecule has 1 fully saturated rings. The molecule has 1 atom stereocenters. The van der Waals surface area contributed by atoms with Crippen LogP contribution < -0.4 is 14.2 Å². The smallest absolute Gasteiger partial charge is 0.127 e. The summed E-state index contributed by atoms with van der Waals surface area (Å²) >= 11 is 0. The van der Waals surface area contributed by atoms with E-state index in [-0.39, 0.29) is 11.9 Å². The molecule has 2 heterocycles. The molecule has 6 heteroatoms. The first kappa shape index (κ1) is 23.4. The van der Waals surface area contributed by atoms with Crippen LogP contribution in [0, 0.1) is 5.82 Å². The first-order valence-electron chi connectivity index (χ1n) is 12.0. The SMILES string of the molecule is COc1ccc(OC)c(/C=C/CN2CCN(C3c4ccccc4COc4cc(F)ccc43)CC2)c1. The minimum absolute atomic E-state index is 0.0584. The summed E-state index contributed by atoms with van der Waals surface area (Å²) in [5.74, 6) is 2.02. The zero-order chi connectivity index (χ0) is 24.2. The Hall–Kier alpha value is -3.35. The van der Waals surface area contributed by atoms with Gasteiger partial charge in [-0.05, 0) is 35.4 Å². The van der Waals surface area contributed by atoms with Crippen molar-refractivity contribution in [3.8, 4) is 17.2 Å². The number of methoxy groups -OCH3 is 2. The van der Waals surface area contributed by atoms with Gasteiger partial charge in [0, 0.05) is 49.9 Å². The van der Waals surface area contributed by atoms with E-state index < -0.39 is 0 Å². The van der Waals surface area contributed by atoms with Crippen molar-refractivity contribution in [2.24, 2.45) is 0 Å². The maximum Gasteiger partial charge on any atom is 0.127 e. The summed E-state index contributed by atoms with van der Waals surface area (Å²) in [5.41, 5.74) is 4.45. The number of hydrogen-bond donors (Lipinski definition) is 0. The molecule has 0 spiro atoms. The van der Waals surface area contributed by atoms with Gasteiger partial charge in [-0.15, -0.1) is 0 Å². The molecule has 1 unspecified atom stereocenters. The normalized spacial score (nSPS) is 18.4. The molecule has 3 aromatic rings. The molecule has 1 saturated heterocycles. The van der Waals surface area contributed by atoms with E-state index in [1.54, 1.807) is 14.2 Å². The Morgan fingerprint density at radius 3 is 2.57 bits per heavy atom. The molecule has 0 N–H and O–H groups in total. The van der Waals surface area contributed by atoms with Crippen molar-refractivity contribution < 1.29 is 18.6 Å². The second kappa shape index (κ2) is 10.5. The van der Waals surface area contributed by atoms with E-state index in [2.05, 4.69) is 40.2 Å². The highest BCUT2D eigenvalue weighted by Crippen LogP contribution is 2.40. The lowest BCUT2D eigenvalue weighted by molar-refractivity contribution is 0.117. The van der Waals surface area contributed by atoms with E-state index in [0.717, 1.165) is 60.9 Å². The molecule has 0 amide bonds. The first-order chi connectivity index (χ1) is 17.2. The second-order valence-electron chi connectivity index (χ2n) is 8.92. The molecular weight excluding hydrogens is 443 g/mol. The Bertz CT molecular complexity index is 1200. The summed E-state index contributed by atoms with van der Waals surface area (Å²) in [6.07, 6.45) is 4.28. The summed E-state index contributed by atoms with van der Waals surface area (Å²) in [6.45, 7) is 5.07. The Balaban J connectivity index is 1.29. The first-order valence-corrected chi connectivity index (χ1v) is 12.0. The van der Waals surface area contributed by atoms with Crippen LogP contribution in [0.3, 0.4) is 0 Å². The van der Waals surface area contributed by atoms with Crippen molar-refractivity contribution in [1.82, 2.24) is 9.80 Å². The fraction of sp³-hybridized carbons (Fsp3) is 0.310. The van der Waals surface area contributed by atoms with E-state index in [1.165, 1.54) is 17.7 Å². The molecule has 0 aromatic heterocycles. The minimum atomic E-state index is -0.266. The van der Waals surface area contributed by atoms with Gasteiger partial charge >= 0.3 is 0 Å². The van der Waals surface area contributed by atoms with Gasteiger partial charge in [-0.25, -0.2) is 4.39 Å². The highest BCUT2D eigenvalue weighted by atomic mass is 19.1. The van der Waals surface area contributed by atoms with Crippen LogP contribution in [-0.4, -0.2) is 56.7 Å². The fourth-order valence-electron chi connectivity index (χ4n) is 5.01. The van der Waals surface area contributed by atoms with Gasteiger partial charge in [0.1, 0.15) is 29.7 Å². The highest BCUT2D eigenvalue weighted by Gasteiger charge is 2.31. The molecule has 35 heavy (non-hydrogen) atoms. The molecule has 2 aliphatic rings.